The summed E-state index contributed by atoms with van der Waals surface area (Å²) in [5.74, 6) is 0.114. The highest BCUT2D eigenvalue weighted by atomic mass is 79.9. The molecule has 0 atom stereocenters. The van der Waals surface area contributed by atoms with Crippen molar-refractivity contribution in [2.75, 3.05) is 5.33 Å². The predicted molar refractivity (Wildman–Crippen MR) is 61.6 cm³/mol. The number of carbonyl (C=O) groups excluding carboxylic acids is 1. The van der Waals surface area contributed by atoms with E-state index in [0.29, 0.717) is 5.33 Å². The minimum atomic E-state index is 0.114. The fourth-order valence-electron chi connectivity index (χ4n) is 1.08. The number of Topliss-reactive ketones (excluding diaryl/α,β-unsaturated/α-hetero) is 1. The van der Waals surface area contributed by atoms with E-state index in [-0.39, 0.29) is 5.78 Å². The van der Waals surface area contributed by atoms with Gasteiger partial charge in [0.1, 0.15) is 0 Å². The molecule has 0 aliphatic carbocycles. The van der Waals surface area contributed by atoms with Crippen molar-refractivity contribution in [2.45, 2.75) is 13.3 Å². The van der Waals surface area contributed by atoms with Crippen LogP contribution in [-0.4, -0.2) is 11.1 Å². The molecule has 1 rings (SSSR count). The van der Waals surface area contributed by atoms with E-state index in [2.05, 4.69) is 38.8 Å². The Balaban J connectivity index is 3.02. The fourth-order valence-corrected chi connectivity index (χ4v) is 2.07. The third-order valence-electron chi connectivity index (χ3n) is 1.88. The Labute approximate surface area is 94.8 Å². The number of aryl methyl sites for hydroxylation is 1. The molecule has 0 spiro atoms. The summed E-state index contributed by atoms with van der Waals surface area (Å²) in [5.41, 5.74) is 1.98. The van der Waals surface area contributed by atoms with Crippen LogP contribution in [0.3, 0.4) is 0 Å². The molecule has 13 heavy (non-hydrogen) atoms. The summed E-state index contributed by atoms with van der Waals surface area (Å²) in [6.45, 7) is 2.09. The highest BCUT2D eigenvalue weighted by molar-refractivity contribution is 9.10. The maximum absolute atomic E-state index is 11.3. The molecule has 1 nitrogen and oxygen atoms in total. The zero-order valence-corrected chi connectivity index (χ0v) is 10.5. The molecule has 3 heteroatoms. The number of halogens is 2. The molecule has 0 saturated carbocycles. The zero-order chi connectivity index (χ0) is 9.84. The van der Waals surface area contributed by atoms with Gasteiger partial charge in [0.15, 0.2) is 5.78 Å². The minimum absolute atomic E-state index is 0.114. The van der Waals surface area contributed by atoms with Crippen LogP contribution in [0.2, 0.25) is 0 Å². The second kappa shape index (κ2) is 4.91. The number of alkyl halides is 1. The summed E-state index contributed by atoms with van der Waals surface area (Å²) in [7, 11) is 0. The molecule has 0 saturated heterocycles. The predicted octanol–water partition coefficient (Wildman–Crippen LogP) is 3.59. The number of ketones is 1. The lowest BCUT2D eigenvalue weighted by atomic mass is 10.1. The monoisotopic (exact) mass is 304 g/mol. The summed E-state index contributed by atoms with van der Waals surface area (Å²) < 4.78 is 1.02. The largest absolute Gasteiger partial charge is 0.293 e. The van der Waals surface area contributed by atoms with Gasteiger partial charge in [-0.05, 0) is 18.1 Å². The fraction of sp³-hybridized carbons (Fsp3) is 0.300. The van der Waals surface area contributed by atoms with Crippen molar-refractivity contribution in [1.29, 1.82) is 0 Å². The van der Waals surface area contributed by atoms with Crippen LogP contribution >= 0.6 is 31.9 Å². The molecular weight excluding hydrogens is 296 g/mol. The van der Waals surface area contributed by atoms with Gasteiger partial charge in [0.25, 0.3) is 0 Å². The average Bonchev–Trinajstić information content (AvgIpc) is 2.16. The van der Waals surface area contributed by atoms with Gasteiger partial charge in [-0.15, -0.1) is 0 Å². The summed E-state index contributed by atoms with van der Waals surface area (Å²) in [6, 6.07) is 5.73. The van der Waals surface area contributed by atoms with Gasteiger partial charge in [0, 0.05) is 10.0 Å². The summed E-state index contributed by atoms with van der Waals surface area (Å²) >= 11 is 6.58. The first-order valence-electron chi connectivity index (χ1n) is 4.06. The Morgan fingerprint density at radius 3 is 2.62 bits per heavy atom. The molecule has 1 aromatic rings. The lowest BCUT2D eigenvalue weighted by Crippen LogP contribution is -2.00. The first-order valence-corrected chi connectivity index (χ1v) is 5.98. The lowest BCUT2D eigenvalue weighted by molar-refractivity contribution is 0.102. The molecule has 0 aromatic heterocycles. The molecule has 0 unspecified atom stereocenters. The van der Waals surface area contributed by atoms with Crippen molar-refractivity contribution in [2.24, 2.45) is 0 Å². The number of hydrogen-bond donors (Lipinski definition) is 0. The minimum Gasteiger partial charge on any atom is -0.293 e. The van der Waals surface area contributed by atoms with E-state index in [9.17, 15) is 4.79 Å². The van der Waals surface area contributed by atoms with E-state index < -0.39 is 0 Å². The van der Waals surface area contributed by atoms with E-state index in [1.54, 1.807) is 0 Å². The van der Waals surface area contributed by atoms with Crippen molar-refractivity contribution in [3.8, 4) is 0 Å². The van der Waals surface area contributed by atoms with Gasteiger partial charge in [-0.2, -0.15) is 0 Å². The smallest absolute Gasteiger partial charge is 0.173 e. The van der Waals surface area contributed by atoms with E-state index in [1.807, 2.05) is 18.2 Å². The quantitative estimate of drug-likeness (QED) is 0.616. The van der Waals surface area contributed by atoms with Gasteiger partial charge in [0.05, 0.1) is 5.33 Å². The molecule has 0 bridgehead atoms. The van der Waals surface area contributed by atoms with Gasteiger partial charge >= 0.3 is 0 Å². The Kier molecular flexibility index (Phi) is 4.13. The average molecular weight is 306 g/mol. The van der Waals surface area contributed by atoms with Crippen LogP contribution in [-0.2, 0) is 6.42 Å². The first-order chi connectivity index (χ1) is 6.19. The lowest BCUT2D eigenvalue weighted by Gasteiger charge is -2.03. The van der Waals surface area contributed by atoms with Gasteiger partial charge < -0.3 is 0 Å². The van der Waals surface area contributed by atoms with Gasteiger partial charge in [-0.1, -0.05) is 50.9 Å². The van der Waals surface area contributed by atoms with Crippen LogP contribution in [0.5, 0.6) is 0 Å². The Morgan fingerprint density at radius 1 is 1.46 bits per heavy atom. The summed E-state index contributed by atoms with van der Waals surface area (Å²) in [6.07, 6.45) is 0.976. The van der Waals surface area contributed by atoms with Crippen molar-refractivity contribution in [3.63, 3.8) is 0 Å². The van der Waals surface area contributed by atoms with E-state index in [4.69, 9.17) is 0 Å². The summed E-state index contributed by atoms with van der Waals surface area (Å²) in [5, 5.41) is 0.380. The Morgan fingerprint density at radius 2 is 2.15 bits per heavy atom. The van der Waals surface area contributed by atoms with E-state index in [0.717, 1.165) is 16.5 Å². The maximum atomic E-state index is 11.3. The molecule has 0 N–H and O–H groups in total. The molecule has 1 aromatic carbocycles. The SMILES string of the molecule is CCc1ccc(C(=O)CBr)cc1Br. The van der Waals surface area contributed by atoms with Crippen molar-refractivity contribution < 1.29 is 4.79 Å². The Bertz CT molecular complexity index is 321. The van der Waals surface area contributed by atoms with E-state index in [1.165, 1.54) is 5.56 Å². The van der Waals surface area contributed by atoms with Gasteiger partial charge in [0.2, 0.25) is 0 Å². The second-order valence-electron chi connectivity index (χ2n) is 2.72. The van der Waals surface area contributed by atoms with Crippen LogP contribution in [0.1, 0.15) is 22.8 Å². The maximum Gasteiger partial charge on any atom is 0.173 e. The van der Waals surface area contributed by atoms with Crippen LogP contribution in [0.15, 0.2) is 22.7 Å². The molecule has 0 heterocycles. The standard InChI is InChI=1S/C10H10Br2O/c1-2-7-3-4-8(5-9(7)12)10(13)6-11/h3-5H,2,6H2,1H3. The third kappa shape index (κ3) is 2.64. The summed E-state index contributed by atoms with van der Waals surface area (Å²) in [4.78, 5) is 11.3. The second-order valence-corrected chi connectivity index (χ2v) is 4.13. The molecule has 70 valence electrons. The number of hydrogen-bond acceptors (Lipinski definition) is 1. The molecule has 0 radical (unpaired) electrons. The Hall–Kier alpha value is -0.150. The third-order valence-corrected chi connectivity index (χ3v) is 3.12. The van der Waals surface area contributed by atoms with Crippen molar-refractivity contribution >= 4 is 37.6 Å². The normalized spacial score (nSPS) is 10.1. The molecule has 0 amide bonds. The van der Waals surface area contributed by atoms with Crippen LogP contribution in [0.25, 0.3) is 0 Å². The molecule has 0 aliphatic rings. The highest BCUT2D eigenvalue weighted by Crippen LogP contribution is 2.19. The molecule has 0 fully saturated rings. The van der Waals surface area contributed by atoms with Gasteiger partial charge in [-0.3, -0.25) is 4.79 Å². The van der Waals surface area contributed by atoms with Crippen LogP contribution in [0, 0.1) is 0 Å². The molecule has 0 aliphatic heterocycles. The zero-order valence-electron chi connectivity index (χ0n) is 7.31. The highest BCUT2D eigenvalue weighted by Gasteiger charge is 2.05. The van der Waals surface area contributed by atoms with Crippen LogP contribution in [0.4, 0.5) is 0 Å². The van der Waals surface area contributed by atoms with Gasteiger partial charge in [-0.25, -0.2) is 0 Å². The number of rotatable bonds is 3. The topological polar surface area (TPSA) is 17.1 Å². The van der Waals surface area contributed by atoms with Crippen molar-refractivity contribution in [3.05, 3.63) is 33.8 Å². The number of benzene rings is 1. The molecular formula is C10H10Br2O. The van der Waals surface area contributed by atoms with E-state index >= 15 is 0 Å². The number of carbonyl (C=O) groups is 1. The first kappa shape index (κ1) is 10.9. The van der Waals surface area contributed by atoms with Crippen molar-refractivity contribution in [1.82, 2.24) is 0 Å². The van der Waals surface area contributed by atoms with Crippen LogP contribution < -0.4 is 0 Å².